The van der Waals surface area contributed by atoms with Crippen molar-refractivity contribution in [2.75, 3.05) is 18.2 Å². The fraction of sp³-hybridized carbons (Fsp3) is 0.394. The highest BCUT2D eigenvalue weighted by Crippen LogP contribution is 2.35. The van der Waals surface area contributed by atoms with Gasteiger partial charge in [-0.1, -0.05) is 50.6 Å². The molecule has 1 aliphatic carbocycles. The summed E-state index contributed by atoms with van der Waals surface area (Å²) in [6.07, 6.45) is 1.64. The van der Waals surface area contributed by atoms with Crippen molar-refractivity contribution in [3.63, 3.8) is 0 Å². The third-order valence-corrected chi connectivity index (χ3v) is 7.93. The molecule has 18 heteroatoms. The fourth-order valence-corrected chi connectivity index (χ4v) is 4.93. The van der Waals surface area contributed by atoms with Crippen LogP contribution in [0.25, 0.3) is 11.1 Å². The Labute approximate surface area is 295 Å². The van der Waals surface area contributed by atoms with Gasteiger partial charge < -0.3 is 15.8 Å². The molecule has 1 heterocycles. The van der Waals surface area contributed by atoms with E-state index in [1.54, 1.807) is 0 Å². The molecular formula is C33H37ClF5N9O3. The molecule has 1 fully saturated rings. The summed E-state index contributed by atoms with van der Waals surface area (Å²) in [5.74, 6) is -1.03. The van der Waals surface area contributed by atoms with Gasteiger partial charge in [0.05, 0.1) is 29.0 Å². The number of nitrogens with one attached hydrogen (secondary N) is 1. The molecule has 3 aromatic rings. The first-order valence-corrected chi connectivity index (χ1v) is 16.0. The summed E-state index contributed by atoms with van der Waals surface area (Å²) < 4.78 is 73.9. The second kappa shape index (κ2) is 16.8. The number of nitrogens with two attached hydrogens (primary N) is 1. The Bertz CT molecular complexity index is 1750. The van der Waals surface area contributed by atoms with Gasteiger partial charge in [-0.2, -0.15) is 27.8 Å². The molecule has 0 saturated heterocycles. The van der Waals surface area contributed by atoms with E-state index in [1.807, 2.05) is 20.8 Å². The Morgan fingerprint density at radius 3 is 2.43 bits per heavy atom. The Morgan fingerprint density at radius 1 is 1.18 bits per heavy atom. The largest absolute Gasteiger partial charge is 0.447 e. The molecule has 2 aromatic carbocycles. The topological polar surface area (TPSA) is 143 Å². The van der Waals surface area contributed by atoms with Crippen LogP contribution < -0.4 is 16.1 Å². The predicted molar refractivity (Wildman–Crippen MR) is 184 cm³/mol. The number of amides is 2. The number of hydrazone groups is 1. The lowest BCUT2D eigenvalue weighted by molar-refractivity contribution is 0.0566. The number of benzene rings is 2. The van der Waals surface area contributed by atoms with E-state index < -0.39 is 50.0 Å². The SMILES string of the molecule is C=N/C=N\N(c1cc([C@@H](COC(=O)N[C@@H]2C[C@H]2F)N(C(=O)c2ccc(-c3cnn(C(F)F)c3)cc2)C(N)=NCCC(C)(C)C)ccc1Cl)C(F)F. The van der Waals surface area contributed by atoms with E-state index in [9.17, 15) is 31.5 Å². The van der Waals surface area contributed by atoms with Crippen LogP contribution in [0.3, 0.4) is 0 Å². The van der Waals surface area contributed by atoms with Crippen molar-refractivity contribution in [3.05, 3.63) is 71.0 Å². The first kappa shape index (κ1) is 38.7. The van der Waals surface area contributed by atoms with Gasteiger partial charge in [0.1, 0.15) is 19.1 Å². The van der Waals surface area contributed by atoms with Gasteiger partial charge in [0.15, 0.2) is 5.96 Å². The lowest BCUT2D eigenvalue weighted by Gasteiger charge is -2.32. The van der Waals surface area contributed by atoms with Crippen LogP contribution >= 0.6 is 11.6 Å². The number of halogens is 6. The van der Waals surface area contributed by atoms with Crippen LogP contribution in [-0.4, -0.2) is 77.6 Å². The van der Waals surface area contributed by atoms with E-state index in [0.29, 0.717) is 22.2 Å². The number of carbonyl (C=O) groups excluding carboxylic acids is 2. The van der Waals surface area contributed by atoms with Gasteiger partial charge in [0.2, 0.25) is 0 Å². The third-order valence-electron chi connectivity index (χ3n) is 7.61. The van der Waals surface area contributed by atoms with E-state index in [2.05, 4.69) is 32.2 Å². The number of ether oxygens (including phenoxy) is 1. The number of anilines is 1. The standard InChI is InChI=1S/C33H37ClF5N9O3/c1-33(2,3)11-12-42-31(40)47(28(49)20-7-5-19(6-8-20)22-15-43-46(16-22)29(36)37)27(17-51-32(50)45-25-14-24(25)35)21-9-10-23(34)26(13-21)48(30(38)39)44-18-41-4/h5-10,13,15-16,18,24-25,27,29-30H,4,11-12,14,17H2,1-3H3,(H2,40,42)(H,45,50)/b44-18-/t24-,25-,27-/m1/s1. The molecule has 0 aliphatic heterocycles. The molecule has 4 rings (SSSR count). The lowest BCUT2D eigenvalue weighted by atomic mass is 9.92. The van der Waals surface area contributed by atoms with E-state index in [4.69, 9.17) is 22.1 Å². The van der Waals surface area contributed by atoms with Gasteiger partial charge in [-0.15, -0.1) is 0 Å². The normalized spacial score (nSPS) is 16.7. The summed E-state index contributed by atoms with van der Waals surface area (Å²) in [6, 6.07) is 7.76. The molecule has 3 N–H and O–H groups in total. The molecule has 0 bridgehead atoms. The zero-order chi connectivity index (χ0) is 37.5. The average Bonchev–Trinajstić information content (AvgIpc) is 3.52. The minimum Gasteiger partial charge on any atom is -0.447 e. The maximum atomic E-state index is 14.4. The highest BCUT2D eigenvalue weighted by Gasteiger charge is 2.39. The van der Waals surface area contributed by atoms with Crippen molar-refractivity contribution in [2.45, 2.75) is 65.0 Å². The highest BCUT2D eigenvalue weighted by atomic mass is 35.5. The molecule has 1 saturated carbocycles. The number of alkyl carbamates (subject to hydrolysis) is 1. The maximum Gasteiger partial charge on any atom is 0.407 e. The van der Waals surface area contributed by atoms with E-state index in [1.165, 1.54) is 48.7 Å². The van der Waals surface area contributed by atoms with Crippen molar-refractivity contribution < 1.29 is 36.3 Å². The summed E-state index contributed by atoms with van der Waals surface area (Å²) in [5, 5.41) is 9.75. The van der Waals surface area contributed by atoms with Crippen LogP contribution in [0, 0.1) is 5.41 Å². The summed E-state index contributed by atoms with van der Waals surface area (Å²) >= 11 is 6.32. The molecule has 3 atom stereocenters. The van der Waals surface area contributed by atoms with Crippen LogP contribution in [0.1, 0.15) is 62.1 Å². The smallest absolute Gasteiger partial charge is 0.407 e. The number of guanidine groups is 1. The summed E-state index contributed by atoms with van der Waals surface area (Å²) in [4.78, 5) is 35.9. The van der Waals surface area contributed by atoms with E-state index >= 15 is 0 Å². The number of nitrogens with zero attached hydrogens (tertiary/aromatic N) is 7. The second-order valence-corrected chi connectivity index (χ2v) is 13.1. The van der Waals surface area contributed by atoms with Gasteiger partial charge in [0, 0.05) is 30.3 Å². The quantitative estimate of drug-likeness (QED) is 0.0598. The number of hydrogen-bond donors (Lipinski definition) is 2. The van der Waals surface area contributed by atoms with Crippen LogP contribution in [0.5, 0.6) is 0 Å². The first-order chi connectivity index (χ1) is 24.1. The molecule has 0 unspecified atom stereocenters. The molecule has 274 valence electrons. The number of rotatable bonds is 14. The Kier molecular flexibility index (Phi) is 12.7. The van der Waals surface area contributed by atoms with E-state index in [0.717, 1.165) is 17.4 Å². The molecule has 2 amide bonds. The van der Waals surface area contributed by atoms with E-state index in [-0.39, 0.29) is 51.2 Å². The Hall–Kier alpha value is -5.06. The minimum atomic E-state index is -3.18. The van der Waals surface area contributed by atoms with Crippen molar-refractivity contribution in [1.82, 2.24) is 20.0 Å². The molecule has 12 nitrogen and oxygen atoms in total. The van der Waals surface area contributed by atoms with Crippen molar-refractivity contribution >= 4 is 48.3 Å². The van der Waals surface area contributed by atoms with Gasteiger partial charge in [-0.3, -0.25) is 19.7 Å². The van der Waals surface area contributed by atoms with Gasteiger partial charge in [-0.25, -0.2) is 18.9 Å². The zero-order valence-electron chi connectivity index (χ0n) is 27.9. The molecule has 0 spiro atoms. The number of hydrogen-bond acceptors (Lipinski definition) is 7. The summed E-state index contributed by atoms with van der Waals surface area (Å²) in [7, 11) is 0. The average molecular weight is 738 g/mol. The second-order valence-electron chi connectivity index (χ2n) is 12.7. The number of alkyl halides is 5. The van der Waals surface area contributed by atoms with Crippen LogP contribution in [0.4, 0.5) is 32.4 Å². The fourth-order valence-electron chi connectivity index (χ4n) is 4.73. The maximum absolute atomic E-state index is 14.4. The number of carbonyl (C=O) groups is 2. The van der Waals surface area contributed by atoms with Crippen molar-refractivity contribution in [2.24, 2.45) is 26.2 Å². The summed E-state index contributed by atoms with van der Waals surface area (Å²) in [5.41, 5.74) is 7.08. The van der Waals surface area contributed by atoms with Crippen molar-refractivity contribution in [3.8, 4) is 11.1 Å². The zero-order valence-corrected chi connectivity index (χ0v) is 28.7. The highest BCUT2D eigenvalue weighted by molar-refractivity contribution is 6.33. The lowest BCUT2D eigenvalue weighted by Crippen LogP contribution is -2.46. The molecule has 0 radical (unpaired) electrons. The summed E-state index contributed by atoms with van der Waals surface area (Å²) in [6.45, 7) is 2.73. The Balaban J connectivity index is 1.79. The molecular weight excluding hydrogens is 701 g/mol. The molecule has 1 aromatic heterocycles. The molecule has 1 aliphatic rings. The third kappa shape index (κ3) is 10.5. The first-order valence-electron chi connectivity index (χ1n) is 15.6. The van der Waals surface area contributed by atoms with Gasteiger partial charge >= 0.3 is 19.2 Å². The molecule has 51 heavy (non-hydrogen) atoms. The van der Waals surface area contributed by atoms with Gasteiger partial charge in [-0.05, 0) is 53.9 Å². The Morgan fingerprint density at radius 2 is 1.86 bits per heavy atom. The van der Waals surface area contributed by atoms with Crippen molar-refractivity contribution in [1.29, 1.82) is 0 Å². The minimum absolute atomic E-state index is 0.0618. The van der Waals surface area contributed by atoms with Gasteiger partial charge in [0.25, 0.3) is 5.91 Å². The monoisotopic (exact) mass is 737 g/mol. The number of aliphatic imine (C=N–C) groups is 2. The number of aromatic nitrogens is 2. The predicted octanol–water partition coefficient (Wildman–Crippen LogP) is 7.04. The van der Waals surface area contributed by atoms with Crippen LogP contribution in [-0.2, 0) is 4.74 Å². The van der Waals surface area contributed by atoms with Crippen LogP contribution in [0.15, 0.2) is 69.9 Å². The van der Waals surface area contributed by atoms with Crippen LogP contribution in [0.2, 0.25) is 5.02 Å².